The largest absolute Gasteiger partial charge is 0.472 e. The van der Waals surface area contributed by atoms with E-state index in [2.05, 4.69) is 48.5 Å². The second-order valence-electron chi connectivity index (χ2n) is 31.5. The molecule has 0 aromatic rings. The van der Waals surface area contributed by atoms with Crippen LogP contribution in [0.3, 0.4) is 0 Å². The van der Waals surface area contributed by atoms with E-state index in [1.54, 1.807) is 0 Å². The molecule has 0 aromatic heterocycles. The Labute approximate surface area is 638 Å². The zero-order valence-corrected chi connectivity index (χ0v) is 70.3. The number of aliphatic hydroxyl groups excluding tert-OH is 1. The van der Waals surface area contributed by atoms with Crippen LogP contribution in [0, 0.1) is 17.8 Å². The van der Waals surface area contributed by atoms with Crippen LogP contribution < -0.4 is 0 Å². The summed E-state index contributed by atoms with van der Waals surface area (Å²) in [6, 6.07) is 0. The van der Waals surface area contributed by atoms with E-state index in [1.807, 2.05) is 0 Å². The molecule has 0 heterocycles. The molecule has 3 N–H and O–H groups in total. The molecule has 0 radical (unpaired) electrons. The number of hydrogen-bond donors (Lipinski definition) is 3. The van der Waals surface area contributed by atoms with Crippen molar-refractivity contribution in [3.63, 3.8) is 0 Å². The molecule has 0 aromatic carbocycles. The van der Waals surface area contributed by atoms with E-state index in [-0.39, 0.29) is 25.7 Å². The van der Waals surface area contributed by atoms with Gasteiger partial charge in [-0.05, 0) is 43.4 Å². The quantitative estimate of drug-likeness (QED) is 0.0222. The van der Waals surface area contributed by atoms with Crippen LogP contribution in [0.2, 0.25) is 0 Å². The van der Waals surface area contributed by atoms with Gasteiger partial charge in [0, 0.05) is 25.7 Å². The number of phosphoric acid groups is 2. The molecule has 0 aliphatic carbocycles. The number of ether oxygens (including phenoxy) is 4. The molecule has 618 valence electrons. The van der Waals surface area contributed by atoms with Crippen LogP contribution >= 0.6 is 15.6 Å². The number of esters is 4. The van der Waals surface area contributed by atoms with Crippen molar-refractivity contribution in [2.75, 3.05) is 39.6 Å². The van der Waals surface area contributed by atoms with E-state index >= 15 is 0 Å². The summed E-state index contributed by atoms with van der Waals surface area (Å²) in [7, 11) is -9.93. The highest BCUT2D eigenvalue weighted by atomic mass is 31.2. The van der Waals surface area contributed by atoms with Gasteiger partial charge in [-0.25, -0.2) is 9.13 Å². The van der Waals surface area contributed by atoms with Gasteiger partial charge in [0.05, 0.1) is 26.4 Å². The number of carbonyl (C=O) groups is 4. The molecule has 0 amide bonds. The van der Waals surface area contributed by atoms with Gasteiger partial charge >= 0.3 is 39.5 Å². The third-order valence-corrected chi connectivity index (χ3v) is 22.5. The molecule has 0 aliphatic rings. The minimum atomic E-state index is -4.97. The number of phosphoric ester groups is 2. The lowest BCUT2D eigenvalue weighted by Gasteiger charge is -2.21. The van der Waals surface area contributed by atoms with Crippen molar-refractivity contribution < 1.29 is 80.2 Å². The van der Waals surface area contributed by atoms with Crippen molar-refractivity contribution >= 4 is 39.5 Å². The lowest BCUT2D eigenvalue weighted by atomic mass is 9.99. The fourth-order valence-corrected chi connectivity index (χ4v) is 14.7. The first kappa shape index (κ1) is 102. The van der Waals surface area contributed by atoms with Gasteiger partial charge in [0.25, 0.3) is 0 Å². The SMILES string of the molecule is CCCCCCCCCCCCC(=O)OC[C@H](COP(=O)(O)OC[C@H](O)COP(=O)(O)OC[C@@H](COC(=O)CCCCCCCCCCCCCCCCC(C)CC)OC(=O)CCCCCCCCCCCCCCCCCCCCC(C)CC)OC(=O)CCCCCCCCCCCCCC(C)C. The molecule has 0 rings (SSSR count). The summed E-state index contributed by atoms with van der Waals surface area (Å²) in [5.41, 5.74) is 0. The predicted molar refractivity (Wildman–Crippen MR) is 428 cm³/mol. The Kier molecular flexibility index (Phi) is 73.7. The van der Waals surface area contributed by atoms with Crippen LogP contribution in [-0.4, -0.2) is 96.7 Å². The molecular weight excluding hydrogens is 1350 g/mol. The van der Waals surface area contributed by atoms with Gasteiger partial charge in [-0.3, -0.25) is 37.3 Å². The summed E-state index contributed by atoms with van der Waals surface area (Å²) >= 11 is 0. The van der Waals surface area contributed by atoms with Crippen LogP contribution in [-0.2, 0) is 65.4 Å². The molecule has 0 saturated carbocycles. The lowest BCUT2D eigenvalue weighted by molar-refractivity contribution is -0.161. The van der Waals surface area contributed by atoms with Crippen LogP contribution in [0.15, 0.2) is 0 Å². The molecule has 17 nitrogen and oxygen atoms in total. The molecule has 7 atom stereocenters. The summed E-state index contributed by atoms with van der Waals surface area (Å²) in [4.78, 5) is 73.1. The Morgan fingerprint density at radius 1 is 0.279 bits per heavy atom. The van der Waals surface area contributed by atoms with Crippen molar-refractivity contribution in [1.29, 1.82) is 0 Å². The number of hydrogen-bond acceptors (Lipinski definition) is 15. The highest BCUT2D eigenvalue weighted by Gasteiger charge is 2.30. The van der Waals surface area contributed by atoms with Crippen molar-refractivity contribution in [2.24, 2.45) is 17.8 Å². The van der Waals surface area contributed by atoms with Crippen molar-refractivity contribution in [3.8, 4) is 0 Å². The summed E-state index contributed by atoms with van der Waals surface area (Å²) < 4.78 is 68.8. The summed E-state index contributed by atoms with van der Waals surface area (Å²) in [6.07, 6.45) is 65.1. The molecule has 0 saturated heterocycles. The smallest absolute Gasteiger partial charge is 0.462 e. The Bertz CT molecular complexity index is 2010. The normalized spacial score (nSPS) is 14.4. The lowest BCUT2D eigenvalue weighted by Crippen LogP contribution is -2.30. The fourth-order valence-electron chi connectivity index (χ4n) is 13.1. The second-order valence-corrected chi connectivity index (χ2v) is 34.4. The first-order chi connectivity index (χ1) is 50.3. The van der Waals surface area contributed by atoms with Crippen molar-refractivity contribution in [2.45, 2.75) is 465 Å². The molecular formula is C85H166O17P2. The van der Waals surface area contributed by atoms with Gasteiger partial charge in [0.2, 0.25) is 0 Å². The first-order valence-electron chi connectivity index (χ1n) is 43.9. The van der Waals surface area contributed by atoms with E-state index < -0.39 is 97.5 Å². The fraction of sp³-hybridized carbons (Fsp3) is 0.953. The Morgan fingerprint density at radius 2 is 0.490 bits per heavy atom. The Balaban J connectivity index is 5.22. The molecule has 0 bridgehead atoms. The number of unbranched alkanes of at least 4 members (excludes halogenated alkanes) is 49. The van der Waals surface area contributed by atoms with Crippen molar-refractivity contribution in [3.05, 3.63) is 0 Å². The zero-order chi connectivity index (χ0) is 76.5. The summed E-state index contributed by atoms with van der Waals surface area (Å²) in [6.45, 7) is 12.1. The van der Waals surface area contributed by atoms with Crippen LogP contribution in [0.5, 0.6) is 0 Å². The maximum Gasteiger partial charge on any atom is 0.472 e. The van der Waals surface area contributed by atoms with E-state index in [4.69, 9.17) is 37.0 Å². The van der Waals surface area contributed by atoms with Gasteiger partial charge in [-0.1, -0.05) is 395 Å². The molecule has 0 fully saturated rings. The zero-order valence-electron chi connectivity index (χ0n) is 68.5. The second kappa shape index (κ2) is 75.1. The average Bonchev–Trinajstić information content (AvgIpc) is 0.913. The maximum absolute atomic E-state index is 13.1. The third-order valence-electron chi connectivity index (χ3n) is 20.6. The van der Waals surface area contributed by atoms with Crippen LogP contribution in [0.1, 0.15) is 447 Å². The van der Waals surface area contributed by atoms with Gasteiger partial charge in [0.15, 0.2) is 12.2 Å². The van der Waals surface area contributed by atoms with E-state index in [0.717, 1.165) is 108 Å². The van der Waals surface area contributed by atoms with Crippen LogP contribution in [0.25, 0.3) is 0 Å². The highest BCUT2D eigenvalue weighted by Crippen LogP contribution is 2.45. The van der Waals surface area contributed by atoms with Crippen LogP contribution in [0.4, 0.5) is 0 Å². The summed E-state index contributed by atoms with van der Waals surface area (Å²) in [5, 5.41) is 10.7. The van der Waals surface area contributed by atoms with Gasteiger partial charge in [0.1, 0.15) is 19.3 Å². The van der Waals surface area contributed by atoms with Gasteiger partial charge in [-0.15, -0.1) is 0 Å². The molecule has 0 aliphatic heterocycles. The standard InChI is InChI=1S/C85H166O17P2/c1-8-11-12-13-14-15-38-45-52-59-66-82(87)95-72-80(102-85(90)69-62-55-48-41-34-28-29-35-42-49-56-63-76(4)5)74-99-103(91,92)97-70-79(86)71-98-104(93,94)100-75-81(73-96-83(88)67-60-53-46-39-32-26-23-22-25-31-37-44-51-58-65-78(7)10-3)101-84(89)68-61-54-47-40-33-27-21-19-17-16-18-20-24-30-36-43-50-57-64-77(6)9-2/h76-81,86H,8-75H2,1-7H3,(H,91,92)(H,93,94)/t77?,78?,79-,80+,81+/m0/s1. The molecule has 4 unspecified atom stereocenters. The number of carbonyl (C=O) groups excluding carboxylic acids is 4. The number of rotatable bonds is 83. The molecule has 104 heavy (non-hydrogen) atoms. The molecule has 0 spiro atoms. The van der Waals surface area contributed by atoms with Gasteiger partial charge in [-0.2, -0.15) is 0 Å². The van der Waals surface area contributed by atoms with E-state index in [9.17, 15) is 43.2 Å². The third kappa shape index (κ3) is 75.5. The minimum absolute atomic E-state index is 0.107. The van der Waals surface area contributed by atoms with Gasteiger partial charge < -0.3 is 33.8 Å². The first-order valence-corrected chi connectivity index (χ1v) is 46.9. The average molecular weight is 1520 g/mol. The Morgan fingerprint density at radius 3 is 0.731 bits per heavy atom. The Hall–Kier alpha value is -1.94. The minimum Gasteiger partial charge on any atom is -0.462 e. The van der Waals surface area contributed by atoms with Crippen molar-refractivity contribution in [1.82, 2.24) is 0 Å². The monoisotopic (exact) mass is 1520 g/mol. The van der Waals surface area contributed by atoms with E-state index in [0.29, 0.717) is 25.7 Å². The topological polar surface area (TPSA) is 237 Å². The van der Waals surface area contributed by atoms with E-state index in [1.165, 1.54) is 257 Å². The molecule has 19 heteroatoms. The highest BCUT2D eigenvalue weighted by molar-refractivity contribution is 7.47. The predicted octanol–water partition coefficient (Wildman–Crippen LogP) is 25.7. The maximum atomic E-state index is 13.1. The summed E-state index contributed by atoms with van der Waals surface area (Å²) in [5.74, 6) is 0.380. The number of aliphatic hydroxyl groups is 1.